The second-order valence-electron chi connectivity index (χ2n) is 5.92. The van der Waals surface area contributed by atoms with Gasteiger partial charge in [0.15, 0.2) is 0 Å². The summed E-state index contributed by atoms with van der Waals surface area (Å²) in [4.78, 5) is 31.7. The number of aliphatic imine (C=N–C) groups is 1. The van der Waals surface area contributed by atoms with Crippen molar-refractivity contribution in [3.8, 4) is 0 Å². The Balaban J connectivity index is 2.19. The Labute approximate surface area is 147 Å². The smallest absolute Gasteiger partial charge is 0.336 e. The van der Waals surface area contributed by atoms with Crippen LogP contribution in [0.4, 0.5) is 0 Å². The number of hydrogen-bond acceptors (Lipinski definition) is 5. The molecule has 0 radical (unpaired) electrons. The van der Waals surface area contributed by atoms with Gasteiger partial charge in [-0.1, -0.05) is 0 Å². The van der Waals surface area contributed by atoms with E-state index in [4.69, 9.17) is 4.74 Å². The SMILES string of the molecule is COC(=O)C1=C(C)N=C2CCCC(=O)C2[C@@H]1c1cc(Br)c(C)s1. The Morgan fingerprint density at radius 1 is 1.35 bits per heavy atom. The third-order valence-corrected chi connectivity index (χ3v) is 6.72. The van der Waals surface area contributed by atoms with Crippen LogP contribution in [0.15, 0.2) is 26.8 Å². The monoisotopic (exact) mass is 395 g/mol. The van der Waals surface area contributed by atoms with Crippen molar-refractivity contribution in [1.82, 2.24) is 0 Å². The molecule has 0 saturated heterocycles. The van der Waals surface area contributed by atoms with Crippen LogP contribution in [0.2, 0.25) is 0 Å². The van der Waals surface area contributed by atoms with Gasteiger partial charge >= 0.3 is 5.97 Å². The molecule has 23 heavy (non-hydrogen) atoms. The summed E-state index contributed by atoms with van der Waals surface area (Å²) in [5.41, 5.74) is 2.11. The van der Waals surface area contributed by atoms with E-state index in [0.29, 0.717) is 17.7 Å². The van der Waals surface area contributed by atoms with Crippen molar-refractivity contribution in [2.75, 3.05) is 7.11 Å². The lowest BCUT2D eigenvalue weighted by Gasteiger charge is -2.34. The normalized spacial score (nSPS) is 24.3. The molecule has 3 rings (SSSR count). The lowest BCUT2D eigenvalue weighted by Crippen LogP contribution is -2.38. The maximum atomic E-state index is 12.6. The molecule has 1 aromatic rings. The number of carbonyl (C=O) groups is 2. The number of halogens is 1. The Kier molecular flexibility index (Phi) is 4.56. The highest BCUT2D eigenvalue weighted by molar-refractivity contribution is 9.10. The topological polar surface area (TPSA) is 55.7 Å². The Bertz CT molecular complexity index is 728. The van der Waals surface area contributed by atoms with Gasteiger partial charge in [0, 0.05) is 38.0 Å². The fourth-order valence-corrected chi connectivity index (χ4v) is 5.15. The van der Waals surface area contributed by atoms with E-state index < -0.39 is 5.97 Å². The Morgan fingerprint density at radius 2 is 2.09 bits per heavy atom. The molecule has 1 aromatic heterocycles. The van der Waals surface area contributed by atoms with Gasteiger partial charge in [-0.3, -0.25) is 9.79 Å². The number of methoxy groups -OCH3 is 1. The number of rotatable bonds is 2. The number of hydrogen-bond donors (Lipinski definition) is 0. The first kappa shape index (κ1) is 16.6. The predicted molar refractivity (Wildman–Crippen MR) is 94.0 cm³/mol. The molecule has 1 aliphatic heterocycles. The van der Waals surface area contributed by atoms with Gasteiger partial charge in [-0.25, -0.2) is 4.79 Å². The van der Waals surface area contributed by atoms with Crippen molar-refractivity contribution in [3.63, 3.8) is 0 Å². The van der Waals surface area contributed by atoms with Crippen LogP contribution in [0.5, 0.6) is 0 Å². The van der Waals surface area contributed by atoms with Gasteiger partial charge in [-0.15, -0.1) is 11.3 Å². The van der Waals surface area contributed by atoms with Crippen LogP contribution in [0, 0.1) is 12.8 Å². The fraction of sp³-hybridized carbons (Fsp3) is 0.471. The van der Waals surface area contributed by atoms with Crippen LogP contribution >= 0.6 is 27.3 Å². The Hall–Kier alpha value is -1.27. The number of esters is 1. The van der Waals surface area contributed by atoms with E-state index in [1.807, 2.05) is 19.9 Å². The van der Waals surface area contributed by atoms with Gasteiger partial charge in [0.2, 0.25) is 0 Å². The molecule has 1 aliphatic carbocycles. The summed E-state index contributed by atoms with van der Waals surface area (Å²) in [5, 5.41) is 0. The average Bonchev–Trinajstić information content (AvgIpc) is 2.84. The van der Waals surface area contributed by atoms with Crippen molar-refractivity contribution in [3.05, 3.63) is 31.6 Å². The van der Waals surface area contributed by atoms with E-state index in [0.717, 1.165) is 32.8 Å². The van der Waals surface area contributed by atoms with Crippen LogP contribution in [0.3, 0.4) is 0 Å². The molecule has 0 N–H and O–H groups in total. The molecule has 1 unspecified atom stereocenters. The summed E-state index contributed by atoms with van der Waals surface area (Å²) >= 11 is 5.15. The summed E-state index contributed by atoms with van der Waals surface area (Å²) in [7, 11) is 1.37. The Morgan fingerprint density at radius 3 is 2.70 bits per heavy atom. The first-order chi connectivity index (χ1) is 10.9. The number of ketones is 1. The summed E-state index contributed by atoms with van der Waals surface area (Å²) in [5.74, 6) is -0.823. The molecule has 122 valence electrons. The number of ether oxygens (including phenoxy) is 1. The van der Waals surface area contributed by atoms with E-state index in [1.54, 1.807) is 11.3 Å². The quantitative estimate of drug-likeness (QED) is 0.705. The largest absolute Gasteiger partial charge is 0.466 e. The summed E-state index contributed by atoms with van der Waals surface area (Å²) in [6.07, 6.45) is 2.22. The third-order valence-electron chi connectivity index (χ3n) is 4.50. The molecule has 2 aliphatic rings. The number of nitrogens with zero attached hydrogens (tertiary/aromatic N) is 1. The highest BCUT2D eigenvalue weighted by Crippen LogP contribution is 2.46. The molecule has 2 atom stereocenters. The molecule has 6 heteroatoms. The average molecular weight is 396 g/mol. The van der Waals surface area contributed by atoms with Crippen molar-refractivity contribution in [2.24, 2.45) is 10.9 Å². The minimum Gasteiger partial charge on any atom is -0.466 e. The first-order valence-electron chi connectivity index (χ1n) is 7.59. The highest BCUT2D eigenvalue weighted by Gasteiger charge is 2.44. The van der Waals surface area contributed by atoms with Crippen molar-refractivity contribution in [2.45, 2.75) is 39.0 Å². The van der Waals surface area contributed by atoms with E-state index in [1.165, 1.54) is 7.11 Å². The molecular weight excluding hydrogens is 378 g/mol. The zero-order valence-electron chi connectivity index (χ0n) is 13.3. The van der Waals surface area contributed by atoms with Crippen LogP contribution in [0.1, 0.15) is 41.9 Å². The van der Waals surface area contributed by atoms with E-state index >= 15 is 0 Å². The molecule has 0 amide bonds. The highest BCUT2D eigenvalue weighted by atomic mass is 79.9. The van der Waals surface area contributed by atoms with Crippen molar-refractivity contribution < 1.29 is 14.3 Å². The van der Waals surface area contributed by atoms with E-state index in [9.17, 15) is 9.59 Å². The maximum absolute atomic E-state index is 12.6. The van der Waals surface area contributed by atoms with E-state index in [-0.39, 0.29) is 17.6 Å². The molecule has 0 bridgehead atoms. The number of carbonyl (C=O) groups excluding carboxylic acids is 2. The number of aryl methyl sites for hydroxylation is 1. The molecule has 1 saturated carbocycles. The maximum Gasteiger partial charge on any atom is 0.336 e. The summed E-state index contributed by atoms with van der Waals surface area (Å²) < 4.78 is 5.99. The van der Waals surface area contributed by atoms with Crippen LogP contribution in [0.25, 0.3) is 0 Å². The van der Waals surface area contributed by atoms with Crippen LogP contribution < -0.4 is 0 Å². The number of fused-ring (bicyclic) bond motifs is 1. The van der Waals surface area contributed by atoms with Gasteiger partial charge in [-0.05, 0) is 48.7 Å². The number of Topliss-reactive ketones (excluding diaryl/α,β-unsaturated/α-hetero) is 1. The van der Waals surface area contributed by atoms with Gasteiger partial charge in [0.25, 0.3) is 0 Å². The van der Waals surface area contributed by atoms with Crippen LogP contribution in [-0.4, -0.2) is 24.6 Å². The molecular formula is C17H18BrNO3S. The van der Waals surface area contributed by atoms with Gasteiger partial charge in [-0.2, -0.15) is 0 Å². The molecule has 0 aromatic carbocycles. The molecule has 4 nitrogen and oxygen atoms in total. The third kappa shape index (κ3) is 2.83. The van der Waals surface area contributed by atoms with Crippen LogP contribution in [-0.2, 0) is 14.3 Å². The molecule has 2 heterocycles. The summed E-state index contributed by atoms with van der Waals surface area (Å²) in [6.45, 7) is 3.85. The second kappa shape index (κ2) is 6.32. The van der Waals surface area contributed by atoms with Gasteiger partial charge in [0.1, 0.15) is 5.78 Å². The minimum atomic E-state index is -0.393. The zero-order chi connectivity index (χ0) is 16.7. The second-order valence-corrected chi connectivity index (χ2v) is 8.06. The molecule has 1 fully saturated rings. The van der Waals surface area contributed by atoms with Gasteiger partial charge < -0.3 is 4.74 Å². The standard InChI is InChI=1S/C17H18BrNO3S/c1-8-14(17(21)22-3)16(13-7-10(18)9(2)23-13)15-11(19-8)5-4-6-12(15)20/h7,15-16H,4-6H2,1-3H3/t15?,16-/m1/s1. The lowest BCUT2D eigenvalue weighted by atomic mass is 9.71. The number of allylic oxidation sites excluding steroid dienone is 1. The van der Waals surface area contributed by atoms with Crippen molar-refractivity contribution >= 4 is 44.7 Å². The van der Waals surface area contributed by atoms with Gasteiger partial charge in [0.05, 0.1) is 18.6 Å². The summed E-state index contributed by atoms with van der Waals surface area (Å²) in [6, 6.07) is 2.02. The fourth-order valence-electron chi connectivity index (χ4n) is 3.44. The van der Waals surface area contributed by atoms with E-state index in [2.05, 4.69) is 20.9 Å². The predicted octanol–water partition coefficient (Wildman–Crippen LogP) is 4.17. The lowest BCUT2D eigenvalue weighted by molar-refractivity contribution is -0.136. The minimum absolute atomic E-state index is 0.177. The van der Waals surface area contributed by atoms with Crippen molar-refractivity contribution in [1.29, 1.82) is 0 Å². The first-order valence-corrected chi connectivity index (χ1v) is 9.20. The zero-order valence-corrected chi connectivity index (χ0v) is 15.7. The molecule has 0 spiro atoms. The number of thiophene rings is 1.